The summed E-state index contributed by atoms with van der Waals surface area (Å²) in [6.07, 6.45) is 2.80. The molecule has 1 aliphatic carbocycles. The Bertz CT molecular complexity index is 1010. The molecule has 0 radical (unpaired) electrons. The highest BCUT2D eigenvalue weighted by atomic mass is 32.2. The van der Waals surface area contributed by atoms with Crippen LogP contribution >= 0.6 is 0 Å². The van der Waals surface area contributed by atoms with Crippen molar-refractivity contribution in [1.82, 2.24) is 9.21 Å². The number of benzene rings is 2. The highest BCUT2D eigenvalue weighted by Crippen LogP contribution is 2.45. The van der Waals surface area contributed by atoms with Crippen LogP contribution in [0.1, 0.15) is 36.0 Å². The molecule has 154 valence electrons. The van der Waals surface area contributed by atoms with E-state index < -0.39 is 15.4 Å². The smallest absolute Gasteiger partial charge is 0.243 e. The summed E-state index contributed by atoms with van der Waals surface area (Å²) >= 11 is 0. The minimum absolute atomic E-state index is 0.151. The molecule has 0 N–H and O–H groups in total. The molecule has 29 heavy (non-hydrogen) atoms. The fourth-order valence-corrected chi connectivity index (χ4v) is 5.88. The van der Waals surface area contributed by atoms with Crippen molar-refractivity contribution in [3.05, 3.63) is 65.2 Å². The first-order chi connectivity index (χ1) is 13.8. The number of carbonyl (C=O) groups is 1. The summed E-state index contributed by atoms with van der Waals surface area (Å²) in [5.41, 5.74) is 2.71. The normalized spacial score (nSPS) is 19.6. The first-order valence-electron chi connectivity index (χ1n) is 10.3. The largest absolute Gasteiger partial charge is 0.339 e. The Balaban J connectivity index is 1.48. The van der Waals surface area contributed by atoms with E-state index in [2.05, 4.69) is 0 Å². The predicted molar refractivity (Wildman–Crippen MR) is 113 cm³/mol. The van der Waals surface area contributed by atoms with Gasteiger partial charge < -0.3 is 4.90 Å². The average molecular weight is 413 g/mol. The first-order valence-corrected chi connectivity index (χ1v) is 11.7. The zero-order valence-electron chi connectivity index (χ0n) is 17.1. The molecular weight excluding hydrogens is 384 g/mol. The Kier molecular flexibility index (Phi) is 5.25. The van der Waals surface area contributed by atoms with Gasteiger partial charge in [-0.15, -0.1) is 0 Å². The van der Waals surface area contributed by atoms with Gasteiger partial charge in [0.05, 0.1) is 10.3 Å². The number of amides is 1. The number of piperazine rings is 1. The van der Waals surface area contributed by atoms with Gasteiger partial charge in [0, 0.05) is 26.2 Å². The van der Waals surface area contributed by atoms with E-state index in [0.29, 0.717) is 31.1 Å². The van der Waals surface area contributed by atoms with Gasteiger partial charge in [0.15, 0.2) is 0 Å². The van der Waals surface area contributed by atoms with Gasteiger partial charge >= 0.3 is 0 Å². The lowest BCUT2D eigenvalue weighted by atomic mass is 9.63. The van der Waals surface area contributed by atoms with Crippen molar-refractivity contribution in [1.29, 1.82) is 0 Å². The summed E-state index contributed by atoms with van der Waals surface area (Å²) < 4.78 is 27.6. The zero-order chi connectivity index (χ0) is 20.6. The maximum absolute atomic E-state index is 13.4. The lowest BCUT2D eigenvalue weighted by molar-refractivity contribution is -0.142. The molecule has 1 heterocycles. The maximum Gasteiger partial charge on any atom is 0.243 e. The molecule has 2 aromatic carbocycles. The van der Waals surface area contributed by atoms with Crippen molar-refractivity contribution in [2.45, 2.75) is 43.4 Å². The number of nitrogens with zero attached hydrogens (tertiary/aromatic N) is 2. The SMILES string of the molecule is Cc1ccc(S(=O)(=O)N2CCN(C(=O)C3(c4ccccc4)CCC3)CC2)cc1C. The molecule has 0 unspecified atom stereocenters. The molecule has 4 rings (SSSR count). The summed E-state index contributed by atoms with van der Waals surface area (Å²) in [7, 11) is -3.53. The van der Waals surface area contributed by atoms with Crippen molar-refractivity contribution in [2.75, 3.05) is 26.2 Å². The standard InChI is InChI=1S/C23H28N2O3S/c1-18-9-10-21(17-19(18)2)29(27,28)25-15-13-24(14-16-25)22(26)23(11-6-12-23)20-7-4-3-5-8-20/h3-5,7-10,17H,6,11-16H2,1-2H3. The third-order valence-electron chi connectivity index (χ3n) is 6.58. The van der Waals surface area contributed by atoms with Crippen LogP contribution in [0.3, 0.4) is 0 Å². The van der Waals surface area contributed by atoms with Crippen molar-refractivity contribution in [3.63, 3.8) is 0 Å². The van der Waals surface area contributed by atoms with Crippen LogP contribution in [-0.4, -0.2) is 49.7 Å². The molecule has 0 atom stereocenters. The van der Waals surface area contributed by atoms with E-state index in [9.17, 15) is 13.2 Å². The lowest BCUT2D eigenvalue weighted by Crippen LogP contribution is -2.57. The molecule has 1 amide bonds. The van der Waals surface area contributed by atoms with Crippen LogP contribution in [0.15, 0.2) is 53.4 Å². The number of hydrogen-bond donors (Lipinski definition) is 0. The van der Waals surface area contributed by atoms with Crippen LogP contribution in [0, 0.1) is 13.8 Å². The molecule has 1 aliphatic heterocycles. The molecule has 1 saturated heterocycles. The van der Waals surface area contributed by atoms with Gasteiger partial charge in [-0.25, -0.2) is 8.42 Å². The number of carbonyl (C=O) groups excluding carboxylic acids is 1. The summed E-state index contributed by atoms with van der Waals surface area (Å²) in [4.78, 5) is 15.6. The van der Waals surface area contributed by atoms with Gasteiger partial charge in [0.2, 0.25) is 15.9 Å². The third kappa shape index (κ3) is 3.49. The van der Waals surface area contributed by atoms with E-state index in [4.69, 9.17) is 0 Å². The van der Waals surface area contributed by atoms with Crippen molar-refractivity contribution in [2.24, 2.45) is 0 Å². The molecule has 6 heteroatoms. The fraction of sp³-hybridized carbons (Fsp3) is 0.435. The highest BCUT2D eigenvalue weighted by molar-refractivity contribution is 7.89. The zero-order valence-corrected chi connectivity index (χ0v) is 17.9. The monoisotopic (exact) mass is 412 g/mol. The molecule has 0 aromatic heterocycles. The second-order valence-corrected chi connectivity index (χ2v) is 10.2. The summed E-state index contributed by atoms with van der Waals surface area (Å²) in [5, 5.41) is 0. The van der Waals surface area contributed by atoms with Gasteiger partial charge in [-0.2, -0.15) is 4.31 Å². The highest BCUT2D eigenvalue weighted by Gasteiger charge is 2.48. The first kappa shape index (κ1) is 20.1. The van der Waals surface area contributed by atoms with Crippen LogP contribution < -0.4 is 0 Å². The second-order valence-electron chi connectivity index (χ2n) is 8.24. The van der Waals surface area contributed by atoms with Gasteiger partial charge in [-0.05, 0) is 55.5 Å². The number of aryl methyl sites for hydroxylation is 2. The van der Waals surface area contributed by atoms with E-state index in [1.165, 1.54) is 4.31 Å². The summed E-state index contributed by atoms with van der Waals surface area (Å²) in [5.74, 6) is 0.151. The number of sulfonamides is 1. The Hall–Kier alpha value is -2.18. The van der Waals surface area contributed by atoms with E-state index >= 15 is 0 Å². The maximum atomic E-state index is 13.4. The Morgan fingerprint density at radius 3 is 2.10 bits per heavy atom. The summed E-state index contributed by atoms with van der Waals surface area (Å²) in [6, 6.07) is 15.3. The molecule has 1 saturated carbocycles. The Morgan fingerprint density at radius 2 is 1.55 bits per heavy atom. The van der Waals surface area contributed by atoms with Crippen molar-refractivity contribution >= 4 is 15.9 Å². The Labute approximate surface area is 173 Å². The van der Waals surface area contributed by atoms with E-state index in [1.807, 2.05) is 55.1 Å². The van der Waals surface area contributed by atoms with Crippen LogP contribution in [0.2, 0.25) is 0 Å². The van der Waals surface area contributed by atoms with Crippen LogP contribution in [0.25, 0.3) is 0 Å². The molecule has 2 fully saturated rings. The van der Waals surface area contributed by atoms with E-state index in [-0.39, 0.29) is 5.91 Å². The lowest BCUT2D eigenvalue weighted by Gasteiger charge is -2.45. The van der Waals surface area contributed by atoms with Crippen LogP contribution in [-0.2, 0) is 20.2 Å². The molecule has 2 aromatic rings. The molecule has 5 nitrogen and oxygen atoms in total. The number of hydrogen-bond acceptors (Lipinski definition) is 3. The molecular formula is C23H28N2O3S. The van der Waals surface area contributed by atoms with Gasteiger partial charge in [-0.3, -0.25) is 4.79 Å². The molecule has 0 spiro atoms. The topological polar surface area (TPSA) is 57.7 Å². The van der Waals surface area contributed by atoms with Gasteiger partial charge in [0.25, 0.3) is 0 Å². The Morgan fingerprint density at radius 1 is 0.897 bits per heavy atom. The van der Waals surface area contributed by atoms with E-state index in [1.54, 1.807) is 12.1 Å². The predicted octanol–water partition coefficient (Wildman–Crippen LogP) is 3.26. The van der Waals surface area contributed by atoms with E-state index in [0.717, 1.165) is 36.0 Å². The van der Waals surface area contributed by atoms with Crippen molar-refractivity contribution in [3.8, 4) is 0 Å². The molecule has 0 bridgehead atoms. The summed E-state index contributed by atoms with van der Waals surface area (Å²) in [6.45, 7) is 5.46. The van der Waals surface area contributed by atoms with Gasteiger partial charge in [-0.1, -0.05) is 42.8 Å². The van der Waals surface area contributed by atoms with Crippen molar-refractivity contribution < 1.29 is 13.2 Å². The minimum Gasteiger partial charge on any atom is -0.339 e. The van der Waals surface area contributed by atoms with Crippen LogP contribution in [0.4, 0.5) is 0 Å². The van der Waals surface area contributed by atoms with Crippen LogP contribution in [0.5, 0.6) is 0 Å². The minimum atomic E-state index is -3.53. The number of rotatable bonds is 4. The average Bonchev–Trinajstić information content (AvgIpc) is 2.70. The molecule has 2 aliphatic rings. The quantitative estimate of drug-likeness (QED) is 0.775. The van der Waals surface area contributed by atoms with Gasteiger partial charge in [0.1, 0.15) is 0 Å². The third-order valence-corrected chi connectivity index (χ3v) is 8.48. The fourth-order valence-electron chi connectivity index (χ4n) is 4.37. The second kappa shape index (κ2) is 7.58.